The van der Waals surface area contributed by atoms with Gasteiger partial charge in [-0.3, -0.25) is 4.90 Å². The molecular formula is C15H22N2O2. The summed E-state index contributed by atoms with van der Waals surface area (Å²) < 4.78 is 11.4. The summed E-state index contributed by atoms with van der Waals surface area (Å²) in [6.07, 6.45) is 0. The average molecular weight is 262 g/mol. The third kappa shape index (κ3) is 2.42. The van der Waals surface area contributed by atoms with Crippen molar-refractivity contribution in [1.82, 2.24) is 9.80 Å². The molecule has 0 N–H and O–H groups in total. The zero-order valence-corrected chi connectivity index (χ0v) is 12.0. The molecule has 2 aliphatic heterocycles. The van der Waals surface area contributed by atoms with Crippen molar-refractivity contribution in [3.05, 3.63) is 23.3 Å². The highest BCUT2D eigenvalue weighted by atomic mass is 16.6. The highest BCUT2D eigenvalue weighted by Crippen LogP contribution is 2.37. The highest BCUT2D eigenvalue weighted by Gasteiger charge is 2.26. The third-order valence-corrected chi connectivity index (χ3v) is 4.14. The summed E-state index contributed by atoms with van der Waals surface area (Å²) in [5, 5.41) is 0. The van der Waals surface area contributed by atoms with Gasteiger partial charge in [0.1, 0.15) is 13.2 Å². The quantitative estimate of drug-likeness (QED) is 0.769. The second-order valence-electron chi connectivity index (χ2n) is 5.61. The van der Waals surface area contributed by atoms with Gasteiger partial charge in [0.05, 0.1) is 0 Å². The smallest absolute Gasteiger partial charge is 0.161 e. The van der Waals surface area contributed by atoms with Crippen LogP contribution in [0.5, 0.6) is 11.5 Å². The minimum absolute atomic E-state index is 0.439. The Bertz CT molecular complexity index is 475. The van der Waals surface area contributed by atoms with E-state index in [2.05, 4.69) is 43.0 Å². The van der Waals surface area contributed by atoms with Crippen molar-refractivity contribution in [3.63, 3.8) is 0 Å². The minimum Gasteiger partial charge on any atom is -0.486 e. The van der Waals surface area contributed by atoms with Crippen molar-refractivity contribution < 1.29 is 9.47 Å². The Hall–Kier alpha value is -1.26. The van der Waals surface area contributed by atoms with Crippen LogP contribution in [0.3, 0.4) is 0 Å². The Kier molecular flexibility index (Phi) is 3.37. The summed E-state index contributed by atoms with van der Waals surface area (Å²) in [7, 11) is 4.39. The molecule has 1 saturated heterocycles. The van der Waals surface area contributed by atoms with Crippen LogP contribution in [0.4, 0.5) is 0 Å². The first-order valence-corrected chi connectivity index (χ1v) is 6.94. The van der Waals surface area contributed by atoms with Gasteiger partial charge in [-0.2, -0.15) is 0 Å². The lowest BCUT2D eigenvalue weighted by Crippen LogP contribution is -2.45. The maximum absolute atomic E-state index is 5.71. The molecule has 1 aromatic carbocycles. The van der Waals surface area contributed by atoms with Crippen LogP contribution in [0, 0.1) is 6.92 Å². The Morgan fingerprint density at radius 3 is 2.47 bits per heavy atom. The minimum atomic E-state index is 0.439. The van der Waals surface area contributed by atoms with Gasteiger partial charge in [0.25, 0.3) is 0 Å². The molecule has 0 saturated carbocycles. The highest BCUT2D eigenvalue weighted by molar-refractivity contribution is 5.49. The number of ether oxygens (including phenoxy) is 2. The molecule has 0 aromatic heterocycles. The van der Waals surface area contributed by atoms with Gasteiger partial charge in [-0.05, 0) is 44.3 Å². The number of hydrogen-bond acceptors (Lipinski definition) is 4. The van der Waals surface area contributed by atoms with Gasteiger partial charge in [0.2, 0.25) is 0 Å². The van der Waals surface area contributed by atoms with E-state index in [0.29, 0.717) is 19.3 Å². The maximum Gasteiger partial charge on any atom is 0.161 e. The number of benzene rings is 1. The normalized spacial score (nSPS) is 24.5. The van der Waals surface area contributed by atoms with Crippen molar-refractivity contribution in [1.29, 1.82) is 0 Å². The number of hydrogen-bond donors (Lipinski definition) is 0. The molecule has 0 bridgehead atoms. The first kappa shape index (κ1) is 12.8. The lowest BCUT2D eigenvalue weighted by Gasteiger charge is -2.39. The van der Waals surface area contributed by atoms with Crippen molar-refractivity contribution in [3.8, 4) is 11.5 Å². The number of nitrogens with zero attached hydrogens (tertiary/aromatic N) is 2. The predicted octanol–water partition coefficient (Wildman–Crippen LogP) is 1.68. The Labute approximate surface area is 114 Å². The molecule has 0 radical (unpaired) electrons. The van der Waals surface area contributed by atoms with Crippen molar-refractivity contribution in [2.75, 3.05) is 46.9 Å². The molecular weight excluding hydrogens is 240 g/mol. The van der Waals surface area contributed by atoms with E-state index in [1.807, 2.05) is 0 Å². The molecule has 1 fully saturated rings. The van der Waals surface area contributed by atoms with E-state index in [0.717, 1.165) is 31.1 Å². The van der Waals surface area contributed by atoms with Gasteiger partial charge in [-0.15, -0.1) is 0 Å². The van der Waals surface area contributed by atoms with Crippen LogP contribution in [0.2, 0.25) is 0 Å². The summed E-state index contributed by atoms with van der Waals surface area (Å²) in [6.45, 7) is 6.77. The zero-order valence-electron chi connectivity index (χ0n) is 12.0. The van der Waals surface area contributed by atoms with Crippen molar-refractivity contribution in [2.45, 2.75) is 13.0 Å². The number of likely N-dealkylation sites (N-methyl/N-ethyl adjacent to an activating group) is 2. The Morgan fingerprint density at radius 2 is 1.74 bits per heavy atom. The molecule has 1 aromatic rings. The summed E-state index contributed by atoms with van der Waals surface area (Å²) in [6, 6.07) is 4.73. The van der Waals surface area contributed by atoms with Crippen LogP contribution >= 0.6 is 0 Å². The molecule has 2 heterocycles. The molecule has 1 atom stereocenters. The van der Waals surface area contributed by atoms with E-state index in [9.17, 15) is 0 Å². The fourth-order valence-electron chi connectivity index (χ4n) is 2.91. The van der Waals surface area contributed by atoms with E-state index in [1.165, 1.54) is 11.1 Å². The van der Waals surface area contributed by atoms with Gasteiger partial charge in [-0.25, -0.2) is 0 Å². The van der Waals surface area contributed by atoms with Crippen LogP contribution in [-0.2, 0) is 0 Å². The summed E-state index contributed by atoms with van der Waals surface area (Å²) in [5.74, 6) is 1.78. The average Bonchev–Trinajstić information content (AvgIpc) is 2.41. The molecule has 0 amide bonds. The Balaban J connectivity index is 1.95. The van der Waals surface area contributed by atoms with E-state index in [4.69, 9.17) is 9.47 Å². The van der Waals surface area contributed by atoms with E-state index >= 15 is 0 Å². The Morgan fingerprint density at radius 1 is 1.05 bits per heavy atom. The molecule has 0 aliphatic carbocycles. The fourth-order valence-corrected chi connectivity index (χ4v) is 2.91. The first-order chi connectivity index (χ1) is 9.15. The van der Waals surface area contributed by atoms with Crippen LogP contribution in [0.15, 0.2) is 12.1 Å². The number of aryl methyl sites for hydroxylation is 1. The third-order valence-electron chi connectivity index (χ3n) is 4.14. The SMILES string of the molecule is Cc1cc2c(cc1C1CN(C)CCN1C)OCCO2. The molecule has 4 nitrogen and oxygen atoms in total. The second-order valence-corrected chi connectivity index (χ2v) is 5.61. The maximum atomic E-state index is 5.71. The zero-order chi connectivity index (χ0) is 13.4. The molecule has 3 rings (SSSR count). The van der Waals surface area contributed by atoms with Crippen LogP contribution in [0.1, 0.15) is 17.2 Å². The summed E-state index contributed by atoms with van der Waals surface area (Å²) in [4.78, 5) is 4.82. The predicted molar refractivity (Wildman–Crippen MR) is 75.0 cm³/mol. The fraction of sp³-hybridized carbons (Fsp3) is 0.600. The van der Waals surface area contributed by atoms with Gasteiger partial charge in [-0.1, -0.05) is 0 Å². The topological polar surface area (TPSA) is 24.9 Å². The lowest BCUT2D eigenvalue weighted by molar-refractivity contribution is 0.114. The van der Waals surface area contributed by atoms with Crippen LogP contribution in [-0.4, -0.2) is 56.7 Å². The molecule has 2 aliphatic rings. The molecule has 0 spiro atoms. The van der Waals surface area contributed by atoms with Crippen LogP contribution < -0.4 is 9.47 Å². The van der Waals surface area contributed by atoms with Gasteiger partial charge in [0, 0.05) is 25.7 Å². The second kappa shape index (κ2) is 5.02. The molecule has 19 heavy (non-hydrogen) atoms. The van der Waals surface area contributed by atoms with Gasteiger partial charge < -0.3 is 14.4 Å². The monoisotopic (exact) mass is 262 g/mol. The largest absolute Gasteiger partial charge is 0.486 e. The van der Waals surface area contributed by atoms with Crippen molar-refractivity contribution in [2.24, 2.45) is 0 Å². The van der Waals surface area contributed by atoms with Crippen molar-refractivity contribution >= 4 is 0 Å². The molecule has 4 heteroatoms. The lowest BCUT2D eigenvalue weighted by atomic mass is 9.97. The summed E-state index contributed by atoms with van der Waals surface area (Å²) >= 11 is 0. The standard InChI is InChI=1S/C15H22N2O2/c1-11-8-14-15(19-7-6-18-14)9-12(11)13-10-16(2)4-5-17(13)3/h8-9,13H,4-7,10H2,1-3H3. The van der Waals surface area contributed by atoms with E-state index in [1.54, 1.807) is 0 Å². The number of piperazine rings is 1. The molecule has 104 valence electrons. The summed E-state index contributed by atoms with van der Waals surface area (Å²) in [5.41, 5.74) is 2.65. The molecule has 1 unspecified atom stereocenters. The van der Waals surface area contributed by atoms with Crippen LogP contribution in [0.25, 0.3) is 0 Å². The van der Waals surface area contributed by atoms with E-state index in [-0.39, 0.29) is 0 Å². The number of rotatable bonds is 1. The number of fused-ring (bicyclic) bond motifs is 1. The first-order valence-electron chi connectivity index (χ1n) is 6.94. The van der Waals surface area contributed by atoms with E-state index < -0.39 is 0 Å². The van der Waals surface area contributed by atoms with Gasteiger partial charge >= 0.3 is 0 Å². The van der Waals surface area contributed by atoms with Gasteiger partial charge in [0.15, 0.2) is 11.5 Å².